The number of hydrogen-bond acceptors (Lipinski definition) is 7. The zero-order valence-corrected chi connectivity index (χ0v) is 19.8. The molecule has 1 fully saturated rings. The summed E-state index contributed by atoms with van der Waals surface area (Å²) in [6.07, 6.45) is -0.528. The summed E-state index contributed by atoms with van der Waals surface area (Å²) >= 11 is 0. The summed E-state index contributed by atoms with van der Waals surface area (Å²) in [5, 5.41) is 10.9. The maximum absolute atomic E-state index is 13.0. The van der Waals surface area contributed by atoms with Crippen LogP contribution in [0.2, 0.25) is 0 Å². The Balaban J connectivity index is 1.22. The molecule has 13 heteroatoms. The molecule has 4 rings (SSSR count). The van der Waals surface area contributed by atoms with Gasteiger partial charge >= 0.3 is 24.1 Å². The second-order valence-corrected chi connectivity index (χ2v) is 9.08. The molecular formula is C23H26F3N5O5. The number of alkyl halides is 3. The fraction of sp³-hybridized carbons (Fsp3) is 0.478. The van der Waals surface area contributed by atoms with Gasteiger partial charge in [-0.2, -0.15) is 13.2 Å². The lowest BCUT2D eigenvalue weighted by Gasteiger charge is -2.37. The molecule has 0 spiro atoms. The molecule has 10 nitrogen and oxygen atoms in total. The van der Waals surface area contributed by atoms with E-state index in [1.165, 1.54) is 31.3 Å². The number of benzene rings is 1. The molecule has 0 radical (unpaired) electrons. The third-order valence-corrected chi connectivity index (χ3v) is 6.23. The fourth-order valence-electron chi connectivity index (χ4n) is 4.45. The first-order chi connectivity index (χ1) is 16.9. The Morgan fingerprint density at radius 1 is 1.31 bits per heavy atom. The van der Waals surface area contributed by atoms with Crippen LogP contribution in [0.5, 0.6) is 6.01 Å². The Kier molecular flexibility index (Phi) is 6.94. The van der Waals surface area contributed by atoms with Crippen LogP contribution >= 0.6 is 0 Å². The van der Waals surface area contributed by atoms with E-state index in [1.54, 1.807) is 15.5 Å². The highest BCUT2D eigenvalue weighted by Gasteiger charge is 2.42. The molecule has 0 aliphatic carbocycles. The highest BCUT2D eigenvalue weighted by atomic mass is 19.4. The quantitative estimate of drug-likeness (QED) is 0.432. The van der Waals surface area contributed by atoms with Gasteiger partial charge in [-0.25, -0.2) is 4.79 Å². The van der Waals surface area contributed by atoms with E-state index in [0.29, 0.717) is 44.8 Å². The SMILES string of the molecule is Cc1c(/C=C/COC(=O)N2CCN(C[C@@]3(C)Cn4cc([N+](=O)[O-])nc4O3)CC2)cccc1C(F)(F)F. The Morgan fingerprint density at radius 2 is 2.03 bits per heavy atom. The minimum Gasteiger partial charge on any atom is -0.445 e. The first kappa shape index (κ1) is 25.5. The molecule has 1 aromatic heterocycles. The third-order valence-electron chi connectivity index (χ3n) is 6.23. The number of nitro groups is 1. The first-order valence-corrected chi connectivity index (χ1v) is 11.3. The van der Waals surface area contributed by atoms with Crippen molar-refractivity contribution in [2.75, 3.05) is 39.3 Å². The summed E-state index contributed by atoms with van der Waals surface area (Å²) in [5.74, 6) is -0.251. The van der Waals surface area contributed by atoms with Gasteiger partial charge in [0.15, 0.2) is 0 Å². The van der Waals surface area contributed by atoms with E-state index in [9.17, 15) is 28.1 Å². The fourth-order valence-corrected chi connectivity index (χ4v) is 4.45. The minimum absolute atomic E-state index is 0.0573. The van der Waals surface area contributed by atoms with Crippen molar-refractivity contribution in [2.45, 2.75) is 32.2 Å². The average Bonchev–Trinajstić information content (AvgIpc) is 3.32. The van der Waals surface area contributed by atoms with Crippen LogP contribution < -0.4 is 4.74 Å². The molecule has 2 aliphatic heterocycles. The summed E-state index contributed by atoms with van der Waals surface area (Å²) in [6.45, 7) is 6.33. The summed E-state index contributed by atoms with van der Waals surface area (Å²) < 4.78 is 51.9. The van der Waals surface area contributed by atoms with Crippen LogP contribution in [-0.4, -0.2) is 75.3 Å². The number of rotatable bonds is 6. The van der Waals surface area contributed by atoms with E-state index >= 15 is 0 Å². The molecule has 0 N–H and O–H groups in total. The highest BCUT2D eigenvalue weighted by Crippen LogP contribution is 2.33. The lowest BCUT2D eigenvalue weighted by Crippen LogP contribution is -2.54. The number of nitrogens with zero attached hydrogens (tertiary/aromatic N) is 5. The van der Waals surface area contributed by atoms with Crippen LogP contribution in [0.25, 0.3) is 6.08 Å². The Morgan fingerprint density at radius 3 is 2.67 bits per heavy atom. The number of ether oxygens (including phenoxy) is 2. The Hall–Kier alpha value is -3.61. The van der Waals surface area contributed by atoms with E-state index in [0.717, 1.165) is 6.07 Å². The predicted octanol–water partition coefficient (Wildman–Crippen LogP) is 3.74. The molecule has 36 heavy (non-hydrogen) atoms. The number of carbonyl (C=O) groups is 1. The zero-order valence-electron chi connectivity index (χ0n) is 19.8. The van der Waals surface area contributed by atoms with Crippen molar-refractivity contribution in [1.82, 2.24) is 19.4 Å². The van der Waals surface area contributed by atoms with Crippen molar-refractivity contribution in [2.24, 2.45) is 0 Å². The Bertz CT molecular complexity index is 1150. The second kappa shape index (κ2) is 9.80. The van der Waals surface area contributed by atoms with Crippen LogP contribution in [0.1, 0.15) is 23.6 Å². The molecule has 1 aromatic carbocycles. The molecule has 194 valence electrons. The molecule has 0 bridgehead atoms. The van der Waals surface area contributed by atoms with Crippen LogP contribution in [0.15, 0.2) is 30.5 Å². The summed E-state index contributed by atoms with van der Waals surface area (Å²) in [7, 11) is 0. The van der Waals surface area contributed by atoms with Crippen LogP contribution in [-0.2, 0) is 17.5 Å². The van der Waals surface area contributed by atoms with Crippen molar-refractivity contribution >= 4 is 18.0 Å². The van der Waals surface area contributed by atoms with Crippen LogP contribution in [0.4, 0.5) is 23.8 Å². The molecule has 0 saturated carbocycles. The van der Waals surface area contributed by atoms with Gasteiger partial charge in [0, 0.05) is 37.7 Å². The van der Waals surface area contributed by atoms with Gasteiger partial charge in [-0.05, 0) is 42.0 Å². The molecule has 3 heterocycles. The summed E-state index contributed by atoms with van der Waals surface area (Å²) in [4.78, 5) is 30.3. The van der Waals surface area contributed by atoms with Crippen LogP contribution in [0, 0.1) is 17.0 Å². The van der Waals surface area contributed by atoms with Crippen molar-refractivity contribution < 1.29 is 32.4 Å². The van der Waals surface area contributed by atoms with Crippen molar-refractivity contribution in [3.05, 3.63) is 57.3 Å². The number of fused-ring (bicyclic) bond motifs is 1. The van der Waals surface area contributed by atoms with Gasteiger partial charge in [0.1, 0.15) is 18.4 Å². The summed E-state index contributed by atoms with van der Waals surface area (Å²) in [6, 6.07) is 4.17. The van der Waals surface area contributed by atoms with Gasteiger partial charge in [-0.3, -0.25) is 9.47 Å². The van der Waals surface area contributed by atoms with Crippen molar-refractivity contribution in [3.63, 3.8) is 0 Å². The standard InChI is InChI=1S/C23H26F3N5O5/c1-16-17(5-3-7-18(16)23(24,25)26)6-4-12-35-21(32)29-10-8-28(9-11-29)14-22(2)15-30-13-19(31(33)34)27-20(30)36-22/h3-7,13H,8-12,14-15H2,1-2H3/b6-4+/t22-/m0/s1. The van der Waals surface area contributed by atoms with Crippen molar-refractivity contribution in [1.29, 1.82) is 0 Å². The average molecular weight is 509 g/mol. The first-order valence-electron chi connectivity index (χ1n) is 11.3. The van der Waals surface area contributed by atoms with Gasteiger partial charge in [0.2, 0.25) is 0 Å². The maximum atomic E-state index is 13.0. The van der Waals surface area contributed by atoms with E-state index in [-0.39, 0.29) is 24.0 Å². The lowest BCUT2D eigenvalue weighted by molar-refractivity contribution is -0.389. The lowest BCUT2D eigenvalue weighted by atomic mass is 10.0. The number of piperazine rings is 1. The number of aromatic nitrogens is 2. The van der Waals surface area contributed by atoms with Gasteiger partial charge in [-0.1, -0.05) is 18.2 Å². The number of carbonyl (C=O) groups excluding carboxylic acids is 1. The molecule has 1 saturated heterocycles. The van der Waals surface area contributed by atoms with Crippen molar-refractivity contribution in [3.8, 4) is 6.01 Å². The number of imidazole rings is 1. The number of hydrogen-bond donors (Lipinski definition) is 0. The molecular weight excluding hydrogens is 483 g/mol. The van der Waals surface area contributed by atoms with E-state index in [2.05, 4.69) is 9.88 Å². The van der Waals surface area contributed by atoms with Gasteiger partial charge < -0.3 is 24.5 Å². The zero-order chi connectivity index (χ0) is 26.1. The smallest absolute Gasteiger partial charge is 0.416 e. The monoisotopic (exact) mass is 509 g/mol. The second-order valence-electron chi connectivity index (χ2n) is 9.08. The summed E-state index contributed by atoms with van der Waals surface area (Å²) in [5.41, 5.74) is -0.756. The molecule has 2 aromatic rings. The molecule has 1 atom stereocenters. The highest BCUT2D eigenvalue weighted by molar-refractivity contribution is 5.68. The molecule has 0 unspecified atom stereocenters. The van der Waals surface area contributed by atoms with Gasteiger partial charge in [0.05, 0.1) is 12.1 Å². The normalized spacial score (nSPS) is 20.4. The molecule has 2 aliphatic rings. The number of halogens is 3. The van der Waals surface area contributed by atoms with E-state index in [4.69, 9.17) is 9.47 Å². The maximum Gasteiger partial charge on any atom is 0.416 e. The minimum atomic E-state index is -4.42. The predicted molar refractivity (Wildman–Crippen MR) is 122 cm³/mol. The topological polar surface area (TPSA) is 103 Å². The third kappa shape index (κ3) is 5.61. The van der Waals surface area contributed by atoms with E-state index in [1.807, 2.05) is 6.92 Å². The Labute approximate surface area is 205 Å². The van der Waals surface area contributed by atoms with E-state index < -0.39 is 28.4 Å². The number of amides is 1. The largest absolute Gasteiger partial charge is 0.445 e. The van der Waals surface area contributed by atoms with Crippen LogP contribution in [0.3, 0.4) is 0 Å². The van der Waals surface area contributed by atoms with Gasteiger partial charge in [0.25, 0.3) is 0 Å². The molecule has 1 amide bonds. The van der Waals surface area contributed by atoms with Gasteiger partial charge in [-0.15, -0.1) is 0 Å².